The van der Waals surface area contributed by atoms with Crippen molar-refractivity contribution in [2.24, 2.45) is 10.7 Å². The number of carbonyl (C=O) groups is 1. The van der Waals surface area contributed by atoms with Crippen molar-refractivity contribution in [3.63, 3.8) is 0 Å². The fourth-order valence-electron chi connectivity index (χ4n) is 3.51. The summed E-state index contributed by atoms with van der Waals surface area (Å²) in [6, 6.07) is 14.8. The van der Waals surface area contributed by atoms with Gasteiger partial charge in [0.2, 0.25) is 0 Å². The van der Waals surface area contributed by atoms with E-state index in [1.807, 2.05) is 43.3 Å². The molecule has 3 N–H and O–H groups in total. The van der Waals surface area contributed by atoms with Crippen LogP contribution >= 0.6 is 23.4 Å². The highest BCUT2D eigenvalue weighted by Crippen LogP contribution is 2.43. The predicted molar refractivity (Wildman–Crippen MR) is 131 cm³/mol. The summed E-state index contributed by atoms with van der Waals surface area (Å²) in [6.07, 6.45) is 2.54. The number of nitrogens with zero attached hydrogens (tertiary/aromatic N) is 1. The van der Waals surface area contributed by atoms with E-state index >= 15 is 0 Å². The number of carbonyl (C=O) groups excluding carboxylic acids is 1. The Morgan fingerprint density at radius 1 is 1.26 bits per heavy atom. The summed E-state index contributed by atoms with van der Waals surface area (Å²) in [7, 11) is 1.57. The molecule has 1 heterocycles. The van der Waals surface area contributed by atoms with Crippen molar-refractivity contribution in [2.45, 2.75) is 26.2 Å². The Morgan fingerprint density at radius 2 is 1.97 bits per heavy atom. The van der Waals surface area contributed by atoms with Crippen molar-refractivity contribution in [3.05, 3.63) is 82.2 Å². The largest absolute Gasteiger partial charge is 0.495 e. The van der Waals surface area contributed by atoms with E-state index in [1.165, 1.54) is 6.20 Å². The Morgan fingerprint density at radius 3 is 2.65 bits per heavy atom. The number of anilines is 1. The molecule has 2 aromatic rings. The first-order chi connectivity index (χ1) is 15.0. The summed E-state index contributed by atoms with van der Waals surface area (Å²) < 4.78 is 5.38. The van der Waals surface area contributed by atoms with Gasteiger partial charge >= 0.3 is 0 Å². The molecule has 1 aliphatic heterocycles. The van der Waals surface area contributed by atoms with Crippen LogP contribution in [0.25, 0.3) is 0 Å². The smallest absolute Gasteiger partial charge is 0.254 e. The van der Waals surface area contributed by atoms with Crippen LogP contribution in [0.3, 0.4) is 0 Å². The van der Waals surface area contributed by atoms with E-state index in [-0.39, 0.29) is 5.91 Å². The van der Waals surface area contributed by atoms with Crippen LogP contribution in [0, 0.1) is 0 Å². The monoisotopic (exact) mass is 455 g/mol. The lowest BCUT2D eigenvalue weighted by molar-refractivity contribution is -0.113. The lowest BCUT2D eigenvalue weighted by atomic mass is 9.82. The summed E-state index contributed by atoms with van der Waals surface area (Å²) in [5.41, 5.74) is 9.41. The van der Waals surface area contributed by atoms with E-state index in [9.17, 15) is 4.79 Å². The van der Waals surface area contributed by atoms with Crippen molar-refractivity contribution >= 4 is 40.0 Å². The number of hydrogen-bond acceptors (Lipinski definition) is 5. The summed E-state index contributed by atoms with van der Waals surface area (Å²) in [4.78, 5) is 18.3. The number of nitrogens with one attached hydrogen (secondary N) is 1. The highest BCUT2D eigenvalue weighted by atomic mass is 35.5. The number of ether oxygens (including phenoxy) is 1. The van der Waals surface area contributed by atoms with Crippen molar-refractivity contribution in [2.75, 3.05) is 18.2 Å². The number of amides is 1. The van der Waals surface area contributed by atoms with Gasteiger partial charge in [0.25, 0.3) is 5.91 Å². The quantitative estimate of drug-likeness (QED) is 0.582. The minimum Gasteiger partial charge on any atom is -0.495 e. The molecule has 31 heavy (non-hydrogen) atoms. The van der Waals surface area contributed by atoms with E-state index in [2.05, 4.69) is 12.2 Å². The van der Waals surface area contributed by atoms with E-state index in [1.54, 1.807) is 31.0 Å². The van der Waals surface area contributed by atoms with Crippen molar-refractivity contribution < 1.29 is 9.53 Å². The molecule has 7 heteroatoms. The molecule has 5 nitrogen and oxygen atoms in total. The number of aliphatic imine (C=N–C) groups is 1. The zero-order valence-electron chi connectivity index (χ0n) is 17.8. The number of methoxy groups -OCH3 is 1. The van der Waals surface area contributed by atoms with Crippen molar-refractivity contribution in [1.29, 1.82) is 0 Å². The molecule has 1 unspecified atom stereocenters. The van der Waals surface area contributed by atoms with E-state index in [0.717, 1.165) is 28.4 Å². The van der Waals surface area contributed by atoms with Crippen LogP contribution in [0.4, 0.5) is 5.69 Å². The minimum atomic E-state index is -0.426. The number of para-hydroxylation sites is 2. The van der Waals surface area contributed by atoms with Crippen LogP contribution in [0.1, 0.15) is 31.7 Å². The zero-order valence-corrected chi connectivity index (χ0v) is 19.4. The van der Waals surface area contributed by atoms with E-state index in [0.29, 0.717) is 27.7 Å². The Labute approximate surface area is 192 Å². The lowest BCUT2D eigenvalue weighted by Gasteiger charge is -2.29. The van der Waals surface area contributed by atoms with E-state index in [4.69, 9.17) is 27.1 Å². The fraction of sp³-hybridized carbons (Fsp3) is 0.250. The normalized spacial score (nSPS) is 17.5. The fourth-order valence-corrected chi connectivity index (χ4v) is 4.71. The predicted octanol–water partition coefficient (Wildman–Crippen LogP) is 5.74. The van der Waals surface area contributed by atoms with Gasteiger partial charge < -0.3 is 15.8 Å². The average molecular weight is 456 g/mol. The molecule has 0 bridgehead atoms. The molecule has 0 radical (unpaired) electrons. The van der Waals surface area contributed by atoms with Crippen LogP contribution in [0.2, 0.25) is 5.02 Å². The molecule has 3 rings (SSSR count). The van der Waals surface area contributed by atoms with Gasteiger partial charge in [-0.3, -0.25) is 4.79 Å². The van der Waals surface area contributed by atoms with Crippen LogP contribution < -0.4 is 15.8 Å². The summed E-state index contributed by atoms with van der Waals surface area (Å²) in [5.74, 6) is 0.790. The van der Waals surface area contributed by atoms with Gasteiger partial charge in [0.1, 0.15) is 10.8 Å². The SMILES string of the molecule is CCCSC1=NC(C)=C(C(=O)Nc2ccccc2OC)C(c2ccccc2Cl)C1=CN. The van der Waals surface area contributed by atoms with Crippen molar-refractivity contribution in [1.82, 2.24) is 0 Å². The summed E-state index contributed by atoms with van der Waals surface area (Å²) in [6.45, 7) is 3.96. The molecule has 1 amide bonds. The molecule has 162 valence electrons. The van der Waals surface area contributed by atoms with Gasteiger partial charge in [-0.2, -0.15) is 0 Å². The highest BCUT2D eigenvalue weighted by molar-refractivity contribution is 8.14. The first-order valence-electron chi connectivity index (χ1n) is 10.0. The zero-order chi connectivity index (χ0) is 22.4. The lowest BCUT2D eigenvalue weighted by Crippen LogP contribution is -2.27. The van der Waals surface area contributed by atoms with Gasteiger partial charge in [0.05, 0.1) is 18.4 Å². The van der Waals surface area contributed by atoms with E-state index < -0.39 is 5.92 Å². The molecule has 0 saturated carbocycles. The second-order valence-corrected chi connectivity index (χ2v) is 8.49. The van der Waals surface area contributed by atoms with Crippen LogP contribution in [-0.4, -0.2) is 23.8 Å². The van der Waals surface area contributed by atoms with Gasteiger partial charge in [-0.15, -0.1) is 11.8 Å². The number of halogens is 1. The second-order valence-electron chi connectivity index (χ2n) is 7.00. The number of thioether (sulfide) groups is 1. The number of hydrogen-bond donors (Lipinski definition) is 2. The van der Waals surface area contributed by atoms with Crippen molar-refractivity contribution in [3.8, 4) is 5.75 Å². The summed E-state index contributed by atoms with van der Waals surface area (Å²) in [5, 5.41) is 4.37. The molecule has 0 aliphatic carbocycles. The number of rotatable bonds is 6. The van der Waals surface area contributed by atoms with Crippen LogP contribution in [-0.2, 0) is 4.79 Å². The molecule has 0 aromatic heterocycles. The second kappa shape index (κ2) is 10.6. The van der Waals surface area contributed by atoms with Gasteiger partial charge in [-0.25, -0.2) is 4.99 Å². The Balaban J connectivity index is 2.11. The number of benzene rings is 2. The first-order valence-corrected chi connectivity index (χ1v) is 11.4. The first kappa shape index (κ1) is 23.0. The van der Waals surface area contributed by atoms with Crippen LogP contribution in [0.15, 0.2) is 76.6 Å². The Kier molecular flexibility index (Phi) is 7.82. The average Bonchev–Trinajstić information content (AvgIpc) is 2.77. The molecular weight excluding hydrogens is 430 g/mol. The standard InChI is InChI=1S/C24H26ClN3O2S/c1-4-13-31-24-17(14-26)22(16-9-5-6-10-18(16)25)21(15(2)27-24)23(29)28-19-11-7-8-12-20(19)30-3/h5-12,14,22H,4,13,26H2,1-3H3,(H,28,29). The third-order valence-corrected chi connectivity index (χ3v) is 6.50. The molecular formula is C24H26ClN3O2S. The third kappa shape index (κ3) is 4.97. The van der Waals surface area contributed by atoms with Gasteiger partial charge in [0.15, 0.2) is 0 Å². The molecule has 0 saturated heterocycles. The highest BCUT2D eigenvalue weighted by Gasteiger charge is 2.35. The summed E-state index contributed by atoms with van der Waals surface area (Å²) >= 11 is 8.20. The maximum Gasteiger partial charge on any atom is 0.254 e. The maximum atomic E-state index is 13.5. The molecule has 1 atom stereocenters. The van der Waals surface area contributed by atoms with Crippen LogP contribution in [0.5, 0.6) is 5.75 Å². The topological polar surface area (TPSA) is 76.7 Å². The number of allylic oxidation sites excluding steroid dienone is 1. The van der Waals surface area contributed by atoms with Gasteiger partial charge in [-0.1, -0.05) is 48.9 Å². The van der Waals surface area contributed by atoms with Gasteiger partial charge in [-0.05, 0) is 42.9 Å². The molecule has 2 aromatic carbocycles. The Hall–Kier alpha value is -2.70. The Bertz CT molecular complexity index is 1060. The third-order valence-electron chi connectivity index (χ3n) is 4.94. The molecule has 1 aliphatic rings. The number of nitrogens with two attached hydrogens (primary N) is 1. The maximum absolute atomic E-state index is 13.5. The minimum absolute atomic E-state index is 0.269. The molecule has 0 fully saturated rings. The van der Waals surface area contributed by atoms with Gasteiger partial charge in [0, 0.05) is 28.4 Å². The molecule has 0 spiro atoms.